The van der Waals surface area contributed by atoms with Crippen molar-refractivity contribution in [2.75, 3.05) is 6.54 Å². The number of carbonyl (C=O) groups excluding carboxylic acids is 1. The summed E-state index contributed by atoms with van der Waals surface area (Å²) in [5, 5.41) is 9.23. The molecule has 1 aliphatic heterocycles. The van der Waals surface area contributed by atoms with Crippen molar-refractivity contribution in [3.8, 4) is 11.3 Å². The van der Waals surface area contributed by atoms with Crippen molar-refractivity contribution in [3.63, 3.8) is 0 Å². The van der Waals surface area contributed by atoms with Crippen LogP contribution in [0.2, 0.25) is 0 Å². The van der Waals surface area contributed by atoms with Crippen LogP contribution in [0.1, 0.15) is 23.3 Å². The molecule has 0 aliphatic carbocycles. The first kappa shape index (κ1) is 14.4. The van der Waals surface area contributed by atoms with E-state index in [0.29, 0.717) is 18.7 Å². The van der Waals surface area contributed by atoms with Crippen LogP contribution in [0, 0.1) is 0 Å². The molecule has 1 N–H and O–H groups in total. The Labute approximate surface area is 128 Å². The first-order valence-electron chi connectivity index (χ1n) is 7.34. The fourth-order valence-electron chi connectivity index (χ4n) is 3.04. The van der Waals surface area contributed by atoms with E-state index in [-0.39, 0.29) is 5.91 Å². The average molecular weight is 298 g/mol. The van der Waals surface area contributed by atoms with Crippen molar-refractivity contribution in [3.05, 3.63) is 48.2 Å². The Kier molecular flexibility index (Phi) is 3.71. The largest absolute Gasteiger partial charge is 0.480 e. The van der Waals surface area contributed by atoms with E-state index in [1.807, 2.05) is 48.0 Å². The van der Waals surface area contributed by atoms with Crippen LogP contribution in [0.4, 0.5) is 0 Å². The van der Waals surface area contributed by atoms with E-state index >= 15 is 0 Å². The molecule has 114 valence electrons. The number of hydrogen-bond acceptors (Lipinski definition) is 2. The molecule has 0 spiro atoms. The number of hydrogen-bond donors (Lipinski definition) is 1. The number of carbonyl (C=O) groups is 2. The van der Waals surface area contributed by atoms with Crippen LogP contribution >= 0.6 is 0 Å². The molecule has 1 saturated heterocycles. The van der Waals surface area contributed by atoms with Gasteiger partial charge in [-0.1, -0.05) is 30.3 Å². The number of benzene rings is 1. The molecule has 1 aliphatic rings. The molecule has 2 aromatic rings. The van der Waals surface area contributed by atoms with E-state index in [9.17, 15) is 14.7 Å². The number of carboxylic acids is 1. The van der Waals surface area contributed by atoms with Gasteiger partial charge in [0.25, 0.3) is 5.91 Å². The second kappa shape index (κ2) is 5.67. The number of aromatic nitrogens is 1. The van der Waals surface area contributed by atoms with Gasteiger partial charge in [-0.05, 0) is 30.5 Å². The highest BCUT2D eigenvalue weighted by Crippen LogP contribution is 2.25. The van der Waals surface area contributed by atoms with E-state index in [2.05, 4.69) is 0 Å². The Bertz CT molecular complexity index is 706. The topological polar surface area (TPSA) is 62.5 Å². The van der Waals surface area contributed by atoms with E-state index in [0.717, 1.165) is 17.7 Å². The Balaban J connectivity index is 1.91. The van der Waals surface area contributed by atoms with Gasteiger partial charge in [0, 0.05) is 19.3 Å². The summed E-state index contributed by atoms with van der Waals surface area (Å²) in [6, 6.07) is 12.8. The Morgan fingerprint density at radius 1 is 1.14 bits per heavy atom. The van der Waals surface area contributed by atoms with Gasteiger partial charge in [-0.3, -0.25) is 4.79 Å². The van der Waals surface area contributed by atoms with Gasteiger partial charge in [-0.25, -0.2) is 4.79 Å². The summed E-state index contributed by atoms with van der Waals surface area (Å²) < 4.78 is 1.83. The summed E-state index contributed by atoms with van der Waals surface area (Å²) in [4.78, 5) is 25.4. The van der Waals surface area contributed by atoms with E-state index in [1.54, 1.807) is 6.07 Å². The number of rotatable bonds is 3. The smallest absolute Gasteiger partial charge is 0.326 e. The second-order valence-electron chi connectivity index (χ2n) is 5.52. The lowest BCUT2D eigenvalue weighted by molar-refractivity contribution is -0.141. The molecule has 0 radical (unpaired) electrons. The Morgan fingerprint density at radius 2 is 1.86 bits per heavy atom. The Morgan fingerprint density at radius 3 is 2.55 bits per heavy atom. The molecule has 5 nitrogen and oxygen atoms in total. The molecule has 2 heterocycles. The van der Waals surface area contributed by atoms with E-state index in [4.69, 9.17) is 0 Å². The van der Waals surface area contributed by atoms with Crippen LogP contribution in [0.15, 0.2) is 42.5 Å². The summed E-state index contributed by atoms with van der Waals surface area (Å²) in [5.74, 6) is -1.14. The van der Waals surface area contributed by atoms with Gasteiger partial charge < -0.3 is 14.6 Å². The van der Waals surface area contributed by atoms with Crippen molar-refractivity contribution in [2.45, 2.75) is 18.9 Å². The van der Waals surface area contributed by atoms with Crippen molar-refractivity contribution in [1.82, 2.24) is 9.47 Å². The first-order valence-corrected chi connectivity index (χ1v) is 7.34. The summed E-state index contributed by atoms with van der Waals surface area (Å²) in [7, 11) is 1.83. The third-order valence-corrected chi connectivity index (χ3v) is 4.21. The van der Waals surface area contributed by atoms with Crippen molar-refractivity contribution >= 4 is 11.9 Å². The molecule has 1 aromatic heterocycles. The molecular weight excluding hydrogens is 280 g/mol. The van der Waals surface area contributed by atoms with E-state index in [1.165, 1.54) is 4.90 Å². The zero-order valence-corrected chi connectivity index (χ0v) is 12.4. The predicted octanol–water partition coefficient (Wildman–Crippen LogP) is 2.38. The molecule has 1 atom stereocenters. The van der Waals surface area contributed by atoms with Gasteiger partial charge in [0.05, 0.1) is 0 Å². The van der Waals surface area contributed by atoms with Gasteiger partial charge in [-0.2, -0.15) is 0 Å². The third-order valence-electron chi connectivity index (χ3n) is 4.21. The maximum atomic E-state index is 12.7. The predicted molar refractivity (Wildman–Crippen MR) is 82.5 cm³/mol. The minimum Gasteiger partial charge on any atom is -0.480 e. The zero-order valence-electron chi connectivity index (χ0n) is 12.4. The lowest BCUT2D eigenvalue weighted by Gasteiger charge is -2.21. The second-order valence-corrected chi connectivity index (χ2v) is 5.52. The minimum atomic E-state index is -0.927. The zero-order chi connectivity index (χ0) is 15.7. The summed E-state index contributed by atoms with van der Waals surface area (Å²) in [5.41, 5.74) is 2.49. The number of amides is 1. The normalized spacial score (nSPS) is 17.7. The molecular formula is C17H18N2O3. The fraction of sp³-hybridized carbons (Fsp3) is 0.294. The fourth-order valence-corrected chi connectivity index (χ4v) is 3.04. The van der Waals surface area contributed by atoms with Crippen LogP contribution < -0.4 is 0 Å². The number of aliphatic carboxylic acids is 1. The highest BCUT2D eigenvalue weighted by atomic mass is 16.4. The highest BCUT2D eigenvalue weighted by molar-refractivity contribution is 5.96. The van der Waals surface area contributed by atoms with Crippen LogP contribution in [0.5, 0.6) is 0 Å². The lowest BCUT2D eigenvalue weighted by Crippen LogP contribution is -2.41. The molecule has 1 fully saturated rings. The van der Waals surface area contributed by atoms with Crippen LogP contribution in [0.3, 0.4) is 0 Å². The highest BCUT2D eigenvalue weighted by Gasteiger charge is 2.35. The first-order chi connectivity index (χ1) is 10.6. The van der Waals surface area contributed by atoms with Gasteiger partial charge in [0.1, 0.15) is 11.7 Å². The molecule has 1 aromatic carbocycles. The molecule has 0 saturated carbocycles. The quantitative estimate of drug-likeness (QED) is 0.946. The average Bonchev–Trinajstić information content (AvgIpc) is 3.14. The van der Waals surface area contributed by atoms with Crippen LogP contribution in [0.25, 0.3) is 11.3 Å². The summed E-state index contributed by atoms with van der Waals surface area (Å²) >= 11 is 0. The van der Waals surface area contributed by atoms with E-state index < -0.39 is 12.0 Å². The summed E-state index contributed by atoms with van der Waals surface area (Å²) in [6.07, 6.45) is 1.26. The third kappa shape index (κ3) is 2.39. The number of likely N-dealkylation sites (tertiary alicyclic amines) is 1. The van der Waals surface area contributed by atoms with Gasteiger partial charge in [0.2, 0.25) is 0 Å². The molecule has 3 rings (SSSR count). The molecule has 0 bridgehead atoms. The van der Waals surface area contributed by atoms with Crippen LogP contribution in [-0.4, -0.2) is 39.0 Å². The molecule has 5 heteroatoms. The number of carboxylic acid groups (broad SMARTS) is 1. The summed E-state index contributed by atoms with van der Waals surface area (Å²) in [6.45, 7) is 0.502. The minimum absolute atomic E-state index is 0.213. The van der Waals surface area contributed by atoms with Crippen molar-refractivity contribution in [1.29, 1.82) is 0 Å². The maximum absolute atomic E-state index is 12.7. The van der Waals surface area contributed by atoms with Crippen molar-refractivity contribution in [2.24, 2.45) is 7.05 Å². The molecule has 1 amide bonds. The SMILES string of the molecule is Cn1c(C(=O)N2CCC[C@H]2C(=O)O)ccc1-c1ccccc1. The van der Waals surface area contributed by atoms with Gasteiger partial charge in [-0.15, -0.1) is 0 Å². The van der Waals surface area contributed by atoms with Crippen molar-refractivity contribution < 1.29 is 14.7 Å². The molecule has 22 heavy (non-hydrogen) atoms. The Hall–Kier alpha value is -2.56. The van der Waals surface area contributed by atoms with Crippen LogP contribution in [-0.2, 0) is 11.8 Å². The standard InChI is InChI=1S/C17H18N2O3/c1-18-13(12-6-3-2-4-7-12)9-10-14(18)16(20)19-11-5-8-15(19)17(21)22/h2-4,6-7,9-10,15H,5,8,11H2,1H3,(H,21,22)/t15-/m0/s1. The monoisotopic (exact) mass is 298 g/mol. The maximum Gasteiger partial charge on any atom is 0.326 e. The van der Waals surface area contributed by atoms with Gasteiger partial charge >= 0.3 is 5.97 Å². The molecule has 0 unspecified atom stereocenters. The lowest BCUT2D eigenvalue weighted by atomic mass is 10.2. The number of nitrogens with zero attached hydrogens (tertiary/aromatic N) is 2. The van der Waals surface area contributed by atoms with Gasteiger partial charge in [0.15, 0.2) is 0 Å².